The summed E-state index contributed by atoms with van der Waals surface area (Å²) in [5.74, 6) is 0.846. The molecule has 0 bridgehead atoms. The summed E-state index contributed by atoms with van der Waals surface area (Å²) in [6.45, 7) is 3.45. The van der Waals surface area contributed by atoms with E-state index in [0.29, 0.717) is 30.2 Å². The van der Waals surface area contributed by atoms with Gasteiger partial charge in [0.05, 0.1) is 19.4 Å². The Bertz CT molecular complexity index is 952. The zero-order valence-electron chi connectivity index (χ0n) is 17.4. The Kier molecular flexibility index (Phi) is 11.1. The van der Waals surface area contributed by atoms with Gasteiger partial charge in [0.2, 0.25) is 0 Å². The Balaban J connectivity index is 0.00000450. The van der Waals surface area contributed by atoms with E-state index in [0.717, 1.165) is 24.0 Å². The molecule has 9 heteroatoms. The Labute approximate surface area is 195 Å². The third-order valence-corrected chi connectivity index (χ3v) is 5.01. The standard InChI is InChI=1S/C21H28FN3O3S.HI/c1-4-23-21(24-11-10-16-6-5-7-20(12-16)28-2)25-14-18-13-19(22)9-8-17(18)15-29(3,26)27;/h5-9,12-13H,4,10-11,14-15H2,1-3H3,(H2,23,24,25);1H. The van der Waals surface area contributed by atoms with E-state index in [9.17, 15) is 12.8 Å². The third kappa shape index (κ3) is 9.29. The second-order valence-corrected chi connectivity index (χ2v) is 8.85. The van der Waals surface area contributed by atoms with Crippen LogP contribution in [0.5, 0.6) is 5.75 Å². The van der Waals surface area contributed by atoms with Crippen molar-refractivity contribution in [2.75, 3.05) is 26.5 Å². The monoisotopic (exact) mass is 549 g/mol. The third-order valence-electron chi connectivity index (χ3n) is 4.18. The van der Waals surface area contributed by atoms with Gasteiger partial charge in [-0.3, -0.25) is 0 Å². The molecule has 0 atom stereocenters. The number of rotatable bonds is 9. The Morgan fingerprint density at radius 1 is 1.13 bits per heavy atom. The van der Waals surface area contributed by atoms with Crippen LogP contribution in [-0.4, -0.2) is 40.8 Å². The lowest BCUT2D eigenvalue weighted by Crippen LogP contribution is -2.38. The van der Waals surface area contributed by atoms with Gasteiger partial charge < -0.3 is 15.4 Å². The van der Waals surface area contributed by atoms with Crippen molar-refractivity contribution < 1.29 is 17.5 Å². The number of hydrogen-bond donors (Lipinski definition) is 2. The maximum absolute atomic E-state index is 13.7. The summed E-state index contributed by atoms with van der Waals surface area (Å²) in [7, 11) is -1.59. The molecular weight excluding hydrogens is 520 g/mol. The molecule has 2 aromatic carbocycles. The van der Waals surface area contributed by atoms with Crippen LogP contribution in [0.25, 0.3) is 0 Å². The van der Waals surface area contributed by atoms with E-state index in [1.165, 1.54) is 18.2 Å². The smallest absolute Gasteiger partial charge is 0.191 e. The van der Waals surface area contributed by atoms with E-state index >= 15 is 0 Å². The quantitative estimate of drug-likeness (QED) is 0.285. The molecule has 0 radical (unpaired) electrons. The number of halogens is 2. The fourth-order valence-corrected chi connectivity index (χ4v) is 3.67. The van der Waals surface area contributed by atoms with Crippen molar-refractivity contribution in [2.24, 2.45) is 4.99 Å². The number of ether oxygens (including phenoxy) is 1. The first-order valence-electron chi connectivity index (χ1n) is 9.41. The molecule has 0 saturated carbocycles. The lowest BCUT2D eigenvalue weighted by atomic mass is 10.1. The molecule has 2 rings (SSSR count). The van der Waals surface area contributed by atoms with Crippen LogP contribution in [0.3, 0.4) is 0 Å². The molecule has 0 aliphatic heterocycles. The fraction of sp³-hybridized carbons (Fsp3) is 0.381. The van der Waals surface area contributed by atoms with Gasteiger partial charge in [-0.25, -0.2) is 17.8 Å². The molecule has 166 valence electrons. The average molecular weight is 549 g/mol. The summed E-state index contributed by atoms with van der Waals surface area (Å²) in [6, 6.07) is 12.0. The lowest BCUT2D eigenvalue weighted by molar-refractivity contribution is 0.414. The van der Waals surface area contributed by atoms with Gasteiger partial charge in [-0.2, -0.15) is 0 Å². The van der Waals surface area contributed by atoms with Gasteiger partial charge in [-0.15, -0.1) is 24.0 Å². The summed E-state index contributed by atoms with van der Waals surface area (Å²) < 4.78 is 42.2. The SMILES string of the molecule is CCNC(=NCc1cc(F)ccc1CS(C)(=O)=O)NCCc1cccc(OC)c1.I. The molecule has 0 aliphatic carbocycles. The molecule has 0 spiro atoms. The number of sulfone groups is 1. The molecule has 0 unspecified atom stereocenters. The van der Waals surface area contributed by atoms with Crippen LogP contribution in [0.2, 0.25) is 0 Å². The van der Waals surface area contributed by atoms with Crippen molar-refractivity contribution in [2.45, 2.75) is 25.6 Å². The van der Waals surface area contributed by atoms with Crippen molar-refractivity contribution in [1.29, 1.82) is 0 Å². The number of nitrogens with zero attached hydrogens (tertiary/aromatic N) is 1. The minimum absolute atomic E-state index is 0. The summed E-state index contributed by atoms with van der Waals surface area (Å²) >= 11 is 0. The topological polar surface area (TPSA) is 79.8 Å². The normalized spacial score (nSPS) is 11.5. The van der Waals surface area contributed by atoms with Gasteiger partial charge in [0.25, 0.3) is 0 Å². The average Bonchev–Trinajstić information content (AvgIpc) is 2.67. The van der Waals surface area contributed by atoms with Gasteiger partial charge >= 0.3 is 0 Å². The van der Waals surface area contributed by atoms with Gasteiger partial charge in [-0.05, 0) is 54.3 Å². The van der Waals surface area contributed by atoms with Crippen LogP contribution in [0, 0.1) is 5.82 Å². The molecular formula is C21H29FIN3O3S. The van der Waals surface area contributed by atoms with Crippen LogP contribution < -0.4 is 15.4 Å². The molecule has 0 aliphatic rings. The van der Waals surface area contributed by atoms with E-state index in [1.807, 2.05) is 31.2 Å². The number of benzene rings is 2. The van der Waals surface area contributed by atoms with E-state index < -0.39 is 15.7 Å². The van der Waals surface area contributed by atoms with Crippen molar-refractivity contribution >= 4 is 39.8 Å². The number of methoxy groups -OCH3 is 1. The molecule has 30 heavy (non-hydrogen) atoms. The van der Waals surface area contributed by atoms with Crippen molar-refractivity contribution in [1.82, 2.24) is 10.6 Å². The Morgan fingerprint density at radius 2 is 1.90 bits per heavy atom. The molecule has 0 heterocycles. The first-order valence-corrected chi connectivity index (χ1v) is 11.5. The predicted octanol–water partition coefficient (Wildman–Crippen LogP) is 3.29. The molecule has 2 aromatic rings. The second-order valence-electron chi connectivity index (χ2n) is 6.71. The molecule has 0 saturated heterocycles. The molecule has 2 N–H and O–H groups in total. The highest BCUT2D eigenvalue weighted by Gasteiger charge is 2.11. The Morgan fingerprint density at radius 3 is 2.57 bits per heavy atom. The zero-order chi connectivity index (χ0) is 21.3. The van der Waals surface area contributed by atoms with Crippen LogP contribution in [0.1, 0.15) is 23.6 Å². The minimum Gasteiger partial charge on any atom is -0.497 e. The van der Waals surface area contributed by atoms with Gasteiger partial charge in [0, 0.05) is 19.3 Å². The van der Waals surface area contributed by atoms with Crippen LogP contribution in [0.15, 0.2) is 47.5 Å². The van der Waals surface area contributed by atoms with Crippen molar-refractivity contribution in [3.63, 3.8) is 0 Å². The number of hydrogen-bond acceptors (Lipinski definition) is 4. The summed E-state index contributed by atoms with van der Waals surface area (Å²) in [5.41, 5.74) is 2.25. The maximum Gasteiger partial charge on any atom is 0.191 e. The van der Waals surface area contributed by atoms with Crippen LogP contribution in [0.4, 0.5) is 4.39 Å². The summed E-state index contributed by atoms with van der Waals surface area (Å²) in [6.07, 6.45) is 1.94. The summed E-state index contributed by atoms with van der Waals surface area (Å²) in [5, 5.41) is 6.39. The molecule has 0 aromatic heterocycles. The van der Waals surface area contributed by atoms with E-state index in [1.54, 1.807) is 7.11 Å². The highest BCUT2D eigenvalue weighted by molar-refractivity contribution is 14.0. The van der Waals surface area contributed by atoms with Crippen LogP contribution in [-0.2, 0) is 28.6 Å². The van der Waals surface area contributed by atoms with E-state index in [-0.39, 0.29) is 36.3 Å². The second kappa shape index (κ2) is 12.7. The fourth-order valence-electron chi connectivity index (χ4n) is 2.82. The van der Waals surface area contributed by atoms with Gasteiger partial charge in [0.15, 0.2) is 15.8 Å². The number of nitrogens with one attached hydrogen (secondary N) is 2. The number of aliphatic imine (C=N–C) groups is 1. The molecule has 0 fully saturated rings. The largest absolute Gasteiger partial charge is 0.497 e. The van der Waals surface area contributed by atoms with E-state index in [4.69, 9.17) is 4.74 Å². The molecule has 6 nitrogen and oxygen atoms in total. The first-order chi connectivity index (χ1) is 13.8. The van der Waals surface area contributed by atoms with Crippen molar-refractivity contribution in [3.05, 3.63) is 65.0 Å². The highest BCUT2D eigenvalue weighted by atomic mass is 127. The highest BCUT2D eigenvalue weighted by Crippen LogP contribution is 2.16. The minimum atomic E-state index is -3.22. The van der Waals surface area contributed by atoms with Gasteiger partial charge in [0.1, 0.15) is 11.6 Å². The van der Waals surface area contributed by atoms with Crippen molar-refractivity contribution in [3.8, 4) is 5.75 Å². The first kappa shape index (κ1) is 26.2. The Hall–Kier alpha value is -1.88. The maximum atomic E-state index is 13.7. The van der Waals surface area contributed by atoms with Crippen LogP contribution >= 0.6 is 24.0 Å². The number of guanidine groups is 1. The van der Waals surface area contributed by atoms with E-state index in [2.05, 4.69) is 15.6 Å². The summed E-state index contributed by atoms with van der Waals surface area (Å²) in [4.78, 5) is 4.49. The van der Waals surface area contributed by atoms with Gasteiger partial charge in [-0.1, -0.05) is 18.2 Å². The predicted molar refractivity (Wildman–Crippen MR) is 130 cm³/mol. The zero-order valence-corrected chi connectivity index (χ0v) is 20.6. The lowest BCUT2D eigenvalue weighted by Gasteiger charge is -2.13. The molecule has 0 amide bonds.